The van der Waals surface area contributed by atoms with Gasteiger partial charge in [0.05, 0.1) is 33.9 Å². The maximum Gasteiger partial charge on any atom is 0.349 e. The molecule has 9 nitrogen and oxygen atoms in total. The summed E-state index contributed by atoms with van der Waals surface area (Å²) in [6, 6.07) is 12.0. The molecule has 0 saturated carbocycles. The van der Waals surface area contributed by atoms with E-state index in [4.69, 9.17) is 9.47 Å². The van der Waals surface area contributed by atoms with Crippen LogP contribution >= 0.6 is 22.6 Å². The van der Waals surface area contributed by atoms with Crippen molar-refractivity contribution in [3.05, 3.63) is 72.4 Å². The molecule has 1 aromatic heterocycles. The molecule has 160 valence electrons. The van der Waals surface area contributed by atoms with Crippen LogP contribution in [0.1, 0.15) is 5.56 Å². The van der Waals surface area contributed by atoms with Crippen LogP contribution in [0, 0.1) is 3.57 Å². The van der Waals surface area contributed by atoms with Gasteiger partial charge in [0.25, 0.3) is 11.5 Å². The molecular formula is C21H19IN4O5. The first kappa shape index (κ1) is 21.2. The molecule has 3 aromatic rings. The lowest BCUT2D eigenvalue weighted by Crippen LogP contribution is -2.43. The summed E-state index contributed by atoms with van der Waals surface area (Å²) < 4.78 is 12.5. The lowest BCUT2D eigenvalue weighted by molar-refractivity contribution is -0.137. The van der Waals surface area contributed by atoms with Gasteiger partial charge in [-0.15, -0.1) is 4.68 Å². The number of hydrogen-bond acceptors (Lipinski definition) is 6. The monoisotopic (exact) mass is 534 g/mol. The number of rotatable bonds is 5. The fourth-order valence-electron chi connectivity index (χ4n) is 3.14. The number of nitrogens with one attached hydrogen (secondary N) is 1. The van der Waals surface area contributed by atoms with Crippen LogP contribution in [0.5, 0.6) is 5.75 Å². The molecule has 4 rings (SSSR count). The first-order valence-corrected chi connectivity index (χ1v) is 10.7. The van der Waals surface area contributed by atoms with Gasteiger partial charge in [-0.05, 0) is 58.5 Å². The molecule has 1 aliphatic rings. The van der Waals surface area contributed by atoms with Gasteiger partial charge >= 0.3 is 5.69 Å². The summed E-state index contributed by atoms with van der Waals surface area (Å²) in [5.74, 6) is 0.486. The predicted molar refractivity (Wildman–Crippen MR) is 124 cm³/mol. The van der Waals surface area contributed by atoms with E-state index >= 15 is 0 Å². The fourth-order valence-corrected chi connectivity index (χ4v) is 3.84. The number of H-pyrrole nitrogens is 1. The Kier molecular flexibility index (Phi) is 6.47. The molecule has 1 aliphatic heterocycles. The molecule has 1 amide bonds. The minimum Gasteiger partial charge on any atom is -0.483 e. The van der Waals surface area contributed by atoms with Gasteiger partial charge in [0.1, 0.15) is 5.75 Å². The van der Waals surface area contributed by atoms with Crippen LogP contribution in [0.15, 0.2) is 57.2 Å². The number of morpholine rings is 1. The summed E-state index contributed by atoms with van der Waals surface area (Å²) in [4.78, 5) is 41.3. The predicted octanol–water partition coefficient (Wildman–Crippen LogP) is 1.41. The minimum atomic E-state index is -0.615. The van der Waals surface area contributed by atoms with Crippen molar-refractivity contribution >= 4 is 45.6 Å². The standard InChI is InChI=1S/C21H19IN4O5/c22-16-11-14(5-6-18(16)31-13-19(27)25-7-9-30-10-8-25)12-23-26-20(28)15-3-1-2-4-17(15)24-21(26)29/h1-6,11-12H,7-10,13H2,(H,24,29). The van der Waals surface area contributed by atoms with Crippen molar-refractivity contribution in [3.8, 4) is 5.75 Å². The third-order valence-electron chi connectivity index (χ3n) is 4.78. The molecule has 0 spiro atoms. The smallest absolute Gasteiger partial charge is 0.349 e. The van der Waals surface area contributed by atoms with E-state index in [-0.39, 0.29) is 12.5 Å². The van der Waals surface area contributed by atoms with Gasteiger partial charge in [-0.25, -0.2) is 4.79 Å². The van der Waals surface area contributed by atoms with Crippen molar-refractivity contribution in [3.63, 3.8) is 0 Å². The molecular weight excluding hydrogens is 515 g/mol. The normalized spacial score (nSPS) is 14.3. The van der Waals surface area contributed by atoms with Crippen LogP contribution in [-0.4, -0.2) is 59.6 Å². The Bertz CT molecular complexity index is 1260. The van der Waals surface area contributed by atoms with Crippen molar-refractivity contribution in [1.82, 2.24) is 14.6 Å². The molecule has 1 saturated heterocycles. The molecule has 31 heavy (non-hydrogen) atoms. The lowest BCUT2D eigenvalue weighted by atomic mass is 10.2. The van der Waals surface area contributed by atoms with Crippen LogP contribution in [-0.2, 0) is 9.53 Å². The second-order valence-electron chi connectivity index (χ2n) is 6.81. The summed E-state index contributed by atoms with van der Waals surface area (Å²) in [6.07, 6.45) is 1.43. The number of benzene rings is 2. The Labute approximate surface area is 190 Å². The Balaban J connectivity index is 1.48. The van der Waals surface area contributed by atoms with Crippen molar-refractivity contribution in [2.75, 3.05) is 32.9 Å². The highest BCUT2D eigenvalue weighted by molar-refractivity contribution is 14.1. The van der Waals surface area contributed by atoms with E-state index in [1.807, 2.05) is 0 Å². The summed E-state index contributed by atoms with van der Waals surface area (Å²) in [7, 11) is 0. The first-order valence-electron chi connectivity index (χ1n) is 9.59. The lowest BCUT2D eigenvalue weighted by Gasteiger charge is -2.26. The first-order chi connectivity index (χ1) is 15.0. The van der Waals surface area contributed by atoms with Gasteiger partial charge in [0, 0.05) is 13.1 Å². The van der Waals surface area contributed by atoms with Crippen LogP contribution < -0.4 is 16.0 Å². The molecule has 0 unspecified atom stereocenters. The zero-order valence-corrected chi connectivity index (χ0v) is 18.6. The number of aromatic amines is 1. The molecule has 0 bridgehead atoms. The molecule has 10 heteroatoms. The molecule has 1 N–H and O–H groups in total. The summed E-state index contributed by atoms with van der Waals surface area (Å²) >= 11 is 2.10. The van der Waals surface area contributed by atoms with Gasteiger partial charge in [0.15, 0.2) is 6.61 Å². The third kappa shape index (κ3) is 4.85. The summed E-state index contributed by atoms with van der Waals surface area (Å²) in [5, 5.41) is 4.43. The minimum absolute atomic E-state index is 0.0503. The fraction of sp³-hybridized carbons (Fsp3) is 0.238. The number of hydrogen-bond donors (Lipinski definition) is 1. The SMILES string of the molecule is O=C(COc1ccc(C=Nn2c(=O)[nH]c3ccccc3c2=O)cc1I)N1CCOCC1. The highest BCUT2D eigenvalue weighted by atomic mass is 127. The van der Waals surface area contributed by atoms with Crippen molar-refractivity contribution in [2.24, 2.45) is 5.10 Å². The van der Waals surface area contributed by atoms with Crippen LogP contribution in [0.4, 0.5) is 0 Å². The summed E-state index contributed by atoms with van der Waals surface area (Å²) in [6.45, 7) is 2.18. The van der Waals surface area contributed by atoms with Crippen LogP contribution in [0.2, 0.25) is 0 Å². The average Bonchev–Trinajstić information content (AvgIpc) is 2.78. The zero-order valence-electron chi connectivity index (χ0n) is 16.4. The van der Waals surface area contributed by atoms with E-state index in [9.17, 15) is 14.4 Å². The number of carbonyl (C=O) groups is 1. The Hall–Kier alpha value is -2.99. The van der Waals surface area contributed by atoms with E-state index < -0.39 is 11.2 Å². The third-order valence-corrected chi connectivity index (χ3v) is 5.62. The number of halogens is 1. The second-order valence-corrected chi connectivity index (χ2v) is 7.97. The number of amides is 1. The quantitative estimate of drug-likeness (QED) is 0.394. The Morgan fingerprint density at radius 2 is 1.97 bits per heavy atom. The van der Waals surface area contributed by atoms with E-state index in [1.54, 1.807) is 47.4 Å². The van der Waals surface area contributed by atoms with Gasteiger partial charge in [0.2, 0.25) is 0 Å². The summed E-state index contributed by atoms with van der Waals surface area (Å²) in [5.41, 5.74) is 0.0328. The number of ether oxygens (including phenoxy) is 2. The van der Waals surface area contributed by atoms with Crippen LogP contribution in [0.25, 0.3) is 10.9 Å². The highest BCUT2D eigenvalue weighted by Gasteiger charge is 2.17. The number of nitrogens with zero attached hydrogens (tertiary/aromatic N) is 3. The Morgan fingerprint density at radius 3 is 2.74 bits per heavy atom. The molecule has 2 heterocycles. The molecule has 0 radical (unpaired) electrons. The van der Waals surface area contributed by atoms with E-state index in [1.165, 1.54) is 6.21 Å². The Morgan fingerprint density at radius 1 is 1.19 bits per heavy atom. The maximum absolute atomic E-state index is 12.5. The van der Waals surface area contributed by atoms with Gasteiger partial charge in [-0.1, -0.05) is 12.1 Å². The molecule has 1 fully saturated rings. The molecule has 0 aliphatic carbocycles. The molecule has 2 aromatic carbocycles. The highest BCUT2D eigenvalue weighted by Crippen LogP contribution is 2.21. The number of para-hydroxylation sites is 1. The maximum atomic E-state index is 12.5. The largest absolute Gasteiger partial charge is 0.483 e. The van der Waals surface area contributed by atoms with Gasteiger partial charge in [-0.2, -0.15) is 5.10 Å². The van der Waals surface area contributed by atoms with Crippen LogP contribution in [0.3, 0.4) is 0 Å². The topological polar surface area (TPSA) is 106 Å². The number of aromatic nitrogens is 2. The van der Waals surface area contributed by atoms with Crippen molar-refractivity contribution in [1.29, 1.82) is 0 Å². The number of carbonyl (C=O) groups excluding carboxylic acids is 1. The van der Waals surface area contributed by atoms with Crippen molar-refractivity contribution < 1.29 is 14.3 Å². The zero-order chi connectivity index (χ0) is 21.8. The van der Waals surface area contributed by atoms with Gasteiger partial charge < -0.3 is 19.4 Å². The van der Waals surface area contributed by atoms with Crippen molar-refractivity contribution in [2.45, 2.75) is 0 Å². The second kappa shape index (κ2) is 9.43. The van der Waals surface area contributed by atoms with Gasteiger partial charge in [-0.3, -0.25) is 9.59 Å². The average molecular weight is 534 g/mol. The van der Waals surface area contributed by atoms with E-state index in [2.05, 4.69) is 32.7 Å². The van der Waals surface area contributed by atoms with E-state index in [0.717, 1.165) is 8.25 Å². The number of fused-ring (bicyclic) bond motifs is 1. The van der Waals surface area contributed by atoms with E-state index in [0.29, 0.717) is 48.5 Å². The molecule has 0 atom stereocenters.